The van der Waals surface area contributed by atoms with Crippen LogP contribution in [0, 0.1) is 6.92 Å². The van der Waals surface area contributed by atoms with Gasteiger partial charge in [0, 0.05) is 18.0 Å². The highest BCUT2D eigenvalue weighted by molar-refractivity contribution is 5.76. The fourth-order valence-electron chi connectivity index (χ4n) is 2.17. The summed E-state index contributed by atoms with van der Waals surface area (Å²) in [6, 6.07) is 6.07. The van der Waals surface area contributed by atoms with E-state index in [1.54, 1.807) is 7.11 Å². The van der Waals surface area contributed by atoms with Gasteiger partial charge < -0.3 is 15.8 Å². The fourth-order valence-corrected chi connectivity index (χ4v) is 2.17. The molecule has 0 saturated heterocycles. The summed E-state index contributed by atoms with van der Waals surface area (Å²) in [7, 11) is 1.64. The molecule has 0 bridgehead atoms. The Hall–Kier alpha value is -1.55. The Morgan fingerprint density at radius 2 is 2.10 bits per heavy atom. The molecule has 4 heteroatoms. The van der Waals surface area contributed by atoms with Crippen molar-refractivity contribution in [3.63, 3.8) is 0 Å². The Labute approximate surface area is 121 Å². The van der Waals surface area contributed by atoms with E-state index in [0.29, 0.717) is 6.42 Å². The normalized spacial score (nSPS) is 13.7. The first-order valence-corrected chi connectivity index (χ1v) is 7.13. The minimum atomic E-state index is -0.0624. The molecular weight excluding hydrogens is 252 g/mol. The van der Waals surface area contributed by atoms with Gasteiger partial charge in [0.1, 0.15) is 5.75 Å². The van der Waals surface area contributed by atoms with Crippen LogP contribution in [-0.4, -0.2) is 19.1 Å². The van der Waals surface area contributed by atoms with E-state index >= 15 is 0 Å². The first-order chi connectivity index (χ1) is 9.43. The molecule has 1 amide bonds. The third kappa shape index (κ3) is 5.21. The molecule has 4 nitrogen and oxygen atoms in total. The number of hydrogen-bond donors (Lipinski definition) is 2. The average molecular weight is 278 g/mol. The van der Waals surface area contributed by atoms with E-state index in [9.17, 15) is 4.79 Å². The number of nitrogens with two attached hydrogens (primary N) is 1. The predicted octanol–water partition coefficient (Wildman–Crippen LogP) is 2.70. The summed E-state index contributed by atoms with van der Waals surface area (Å²) < 4.78 is 5.35. The van der Waals surface area contributed by atoms with Crippen molar-refractivity contribution in [2.75, 3.05) is 7.11 Å². The fraction of sp³-hybridized carbons (Fsp3) is 0.562. The van der Waals surface area contributed by atoms with E-state index in [-0.39, 0.29) is 18.0 Å². The molecule has 112 valence electrons. The molecule has 2 atom stereocenters. The van der Waals surface area contributed by atoms with Gasteiger partial charge in [-0.25, -0.2) is 0 Å². The zero-order valence-corrected chi connectivity index (χ0v) is 12.9. The lowest BCUT2D eigenvalue weighted by molar-refractivity contribution is -0.121. The maximum absolute atomic E-state index is 11.9. The van der Waals surface area contributed by atoms with Gasteiger partial charge >= 0.3 is 0 Å². The van der Waals surface area contributed by atoms with Crippen LogP contribution in [0.4, 0.5) is 0 Å². The molecule has 0 aromatic heterocycles. The van der Waals surface area contributed by atoms with E-state index in [4.69, 9.17) is 10.5 Å². The van der Waals surface area contributed by atoms with E-state index in [2.05, 4.69) is 5.32 Å². The van der Waals surface area contributed by atoms with Crippen molar-refractivity contribution in [3.8, 4) is 5.75 Å². The zero-order chi connectivity index (χ0) is 15.1. The first-order valence-electron chi connectivity index (χ1n) is 7.13. The Kier molecular flexibility index (Phi) is 6.52. The second-order valence-corrected chi connectivity index (χ2v) is 5.40. The maximum Gasteiger partial charge on any atom is 0.220 e. The summed E-state index contributed by atoms with van der Waals surface area (Å²) in [5, 5.41) is 3.01. The van der Waals surface area contributed by atoms with Gasteiger partial charge in [-0.1, -0.05) is 17.7 Å². The maximum atomic E-state index is 11.9. The number of benzene rings is 1. The van der Waals surface area contributed by atoms with Crippen molar-refractivity contribution < 1.29 is 9.53 Å². The first kappa shape index (κ1) is 16.5. The molecule has 0 spiro atoms. The number of nitrogens with one attached hydrogen (secondary N) is 1. The summed E-state index contributed by atoms with van der Waals surface area (Å²) >= 11 is 0. The number of amides is 1. The lowest BCUT2D eigenvalue weighted by atomic mass is 10.0. The molecule has 1 aromatic rings. The highest BCUT2D eigenvalue weighted by Gasteiger charge is 2.14. The molecule has 0 aliphatic heterocycles. The minimum absolute atomic E-state index is 0.0571. The minimum Gasteiger partial charge on any atom is -0.496 e. The van der Waals surface area contributed by atoms with Crippen LogP contribution >= 0.6 is 0 Å². The molecule has 3 N–H and O–H groups in total. The summed E-state index contributed by atoms with van der Waals surface area (Å²) in [4.78, 5) is 11.9. The van der Waals surface area contributed by atoms with E-state index < -0.39 is 0 Å². The molecule has 0 aliphatic rings. The molecule has 0 fully saturated rings. The number of carbonyl (C=O) groups is 1. The average Bonchev–Trinajstić information content (AvgIpc) is 2.38. The van der Waals surface area contributed by atoms with Crippen LogP contribution in [0.2, 0.25) is 0 Å². The van der Waals surface area contributed by atoms with Crippen LogP contribution in [0.3, 0.4) is 0 Å². The molecule has 0 radical (unpaired) electrons. The van der Waals surface area contributed by atoms with Gasteiger partial charge in [0.05, 0.1) is 13.2 Å². The number of carbonyl (C=O) groups excluding carboxylic acids is 1. The summed E-state index contributed by atoms with van der Waals surface area (Å²) in [6.07, 6.45) is 2.21. The quantitative estimate of drug-likeness (QED) is 0.806. The Balaban J connectivity index is 2.59. The number of ether oxygens (including phenoxy) is 1. The highest BCUT2D eigenvalue weighted by Crippen LogP contribution is 2.26. The van der Waals surface area contributed by atoms with Crippen molar-refractivity contribution in [2.45, 2.75) is 52.1 Å². The highest BCUT2D eigenvalue weighted by atomic mass is 16.5. The third-order valence-electron chi connectivity index (χ3n) is 3.29. The lowest BCUT2D eigenvalue weighted by Gasteiger charge is -2.18. The summed E-state index contributed by atoms with van der Waals surface area (Å²) in [6.45, 7) is 5.96. The van der Waals surface area contributed by atoms with Gasteiger partial charge in [-0.2, -0.15) is 0 Å². The van der Waals surface area contributed by atoms with Gasteiger partial charge in [0.25, 0.3) is 0 Å². The standard InChI is InChI=1S/C16H26N2O2/c1-11-8-9-15(20-4)14(10-11)13(3)18-16(19)7-5-6-12(2)17/h8-10,12-13H,5-7,17H2,1-4H3,(H,18,19). The molecule has 1 aromatic carbocycles. The second kappa shape index (κ2) is 7.90. The van der Waals surface area contributed by atoms with Crippen LogP contribution in [0.25, 0.3) is 0 Å². The molecular formula is C16H26N2O2. The lowest BCUT2D eigenvalue weighted by Crippen LogP contribution is -2.27. The number of methoxy groups -OCH3 is 1. The number of aryl methyl sites for hydroxylation is 1. The van der Waals surface area contributed by atoms with Gasteiger partial charge in [0.2, 0.25) is 5.91 Å². The Morgan fingerprint density at radius 3 is 2.70 bits per heavy atom. The topological polar surface area (TPSA) is 64.3 Å². The number of hydrogen-bond acceptors (Lipinski definition) is 3. The Bertz CT molecular complexity index is 444. The third-order valence-corrected chi connectivity index (χ3v) is 3.29. The predicted molar refractivity (Wildman–Crippen MR) is 81.8 cm³/mol. The zero-order valence-electron chi connectivity index (χ0n) is 12.9. The summed E-state index contributed by atoms with van der Waals surface area (Å²) in [5.74, 6) is 0.862. The molecule has 20 heavy (non-hydrogen) atoms. The second-order valence-electron chi connectivity index (χ2n) is 5.40. The van der Waals surface area contributed by atoms with E-state index in [1.165, 1.54) is 0 Å². The molecule has 2 unspecified atom stereocenters. The molecule has 0 aliphatic carbocycles. The van der Waals surface area contributed by atoms with Crippen LogP contribution in [0.1, 0.15) is 50.3 Å². The Morgan fingerprint density at radius 1 is 1.40 bits per heavy atom. The van der Waals surface area contributed by atoms with E-state index in [0.717, 1.165) is 29.7 Å². The van der Waals surface area contributed by atoms with Gasteiger partial charge in [-0.3, -0.25) is 4.79 Å². The smallest absolute Gasteiger partial charge is 0.220 e. The van der Waals surface area contributed by atoms with Crippen molar-refractivity contribution in [2.24, 2.45) is 5.73 Å². The van der Waals surface area contributed by atoms with Crippen molar-refractivity contribution >= 4 is 5.91 Å². The van der Waals surface area contributed by atoms with E-state index in [1.807, 2.05) is 39.0 Å². The van der Waals surface area contributed by atoms with Gasteiger partial charge in [-0.05, 0) is 39.7 Å². The van der Waals surface area contributed by atoms with Crippen LogP contribution < -0.4 is 15.8 Å². The summed E-state index contributed by atoms with van der Waals surface area (Å²) in [5.41, 5.74) is 7.84. The van der Waals surface area contributed by atoms with Gasteiger partial charge in [-0.15, -0.1) is 0 Å². The van der Waals surface area contributed by atoms with Crippen molar-refractivity contribution in [3.05, 3.63) is 29.3 Å². The SMILES string of the molecule is COc1ccc(C)cc1C(C)NC(=O)CCCC(C)N. The van der Waals surface area contributed by atoms with Crippen LogP contribution in [0.5, 0.6) is 5.75 Å². The van der Waals surface area contributed by atoms with Gasteiger partial charge in [0.15, 0.2) is 0 Å². The molecule has 0 heterocycles. The van der Waals surface area contributed by atoms with Crippen LogP contribution in [-0.2, 0) is 4.79 Å². The molecule has 1 rings (SSSR count). The van der Waals surface area contributed by atoms with Crippen molar-refractivity contribution in [1.29, 1.82) is 0 Å². The molecule has 0 saturated carbocycles. The number of rotatable bonds is 7. The van der Waals surface area contributed by atoms with Crippen molar-refractivity contribution in [1.82, 2.24) is 5.32 Å². The van der Waals surface area contributed by atoms with Crippen LogP contribution in [0.15, 0.2) is 18.2 Å². The monoisotopic (exact) mass is 278 g/mol. The largest absolute Gasteiger partial charge is 0.496 e.